The van der Waals surface area contributed by atoms with Crippen LogP contribution in [-0.2, 0) is 9.53 Å². The highest BCUT2D eigenvalue weighted by atomic mass is 19.1. The summed E-state index contributed by atoms with van der Waals surface area (Å²) in [4.78, 5) is 25.6. The van der Waals surface area contributed by atoms with Gasteiger partial charge in [0.2, 0.25) is 0 Å². The lowest BCUT2D eigenvalue weighted by molar-refractivity contribution is -0.142. The van der Waals surface area contributed by atoms with E-state index in [4.69, 9.17) is 5.73 Å². The molecule has 6 heteroatoms. The number of amides is 1. The highest BCUT2D eigenvalue weighted by molar-refractivity contribution is 5.99. The van der Waals surface area contributed by atoms with Crippen molar-refractivity contribution >= 4 is 17.6 Å². The highest BCUT2D eigenvalue weighted by Crippen LogP contribution is 2.24. The van der Waals surface area contributed by atoms with E-state index >= 15 is 0 Å². The molecule has 2 N–H and O–H groups in total. The van der Waals surface area contributed by atoms with Crippen LogP contribution in [0.1, 0.15) is 36.0 Å². The number of halogens is 1. The standard InChI is InChI=1S/C15H19FN2O3/c1-21-14(19)9-11-4-2-3-7-18(11)15(20)12-8-10(16)5-6-13(12)17/h5-6,8,11H,2-4,7,9,17H2,1H3. The molecule has 1 unspecified atom stereocenters. The van der Waals surface area contributed by atoms with Crippen LogP contribution in [0.15, 0.2) is 18.2 Å². The maximum atomic E-state index is 13.3. The fourth-order valence-corrected chi connectivity index (χ4v) is 2.62. The summed E-state index contributed by atoms with van der Waals surface area (Å²) in [5.41, 5.74) is 6.15. The van der Waals surface area contributed by atoms with Crippen LogP contribution in [0.25, 0.3) is 0 Å². The van der Waals surface area contributed by atoms with E-state index in [0.717, 1.165) is 25.3 Å². The monoisotopic (exact) mass is 294 g/mol. The number of hydrogen-bond donors (Lipinski definition) is 1. The van der Waals surface area contributed by atoms with E-state index in [1.54, 1.807) is 4.90 Å². The maximum absolute atomic E-state index is 13.3. The minimum absolute atomic E-state index is 0.145. The van der Waals surface area contributed by atoms with Gasteiger partial charge in [-0.15, -0.1) is 0 Å². The lowest BCUT2D eigenvalue weighted by Crippen LogP contribution is -2.45. The molecule has 0 bridgehead atoms. The van der Waals surface area contributed by atoms with Crippen molar-refractivity contribution in [2.45, 2.75) is 31.7 Å². The van der Waals surface area contributed by atoms with Crippen LogP contribution in [0.5, 0.6) is 0 Å². The van der Waals surface area contributed by atoms with Crippen LogP contribution in [0.3, 0.4) is 0 Å². The molecule has 1 atom stereocenters. The predicted molar refractivity (Wildman–Crippen MR) is 76.1 cm³/mol. The minimum Gasteiger partial charge on any atom is -0.469 e. The molecule has 0 saturated carbocycles. The van der Waals surface area contributed by atoms with Crippen LogP contribution in [0, 0.1) is 5.82 Å². The number of nitrogen functional groups attached to an aromatic ring is 1. The Labute approximate surface area is 122 Å². The number of nitrogens with two attached hydrogens (primary N) is 1. The van der Waals surface area contributed by atoms with E-state index in [1.165, 1.54) is 19.2 Å². The van der Waals surface area contributed by atoms with Crippen LogP contribution >= 0.6 is 0 Å². The topological polar surface area (TPSA) is 72.6 Å². The van der Waals surface area contributed by atoms with Crippen molar-refractivity contribution < 1.29 is 18.7 Å². The molecule has 1 saturated heterocycles. The van der Waals surface area contributed by atoms with Crippen LogP contribution < -0.4 is 5.73 Å². The van der Waals surface area contributed by atoms with Crippen molar-refractivity contribution in [3.63, 3.8) is 0 Å². The van der Waals surface area contributed by atoms with Gasteiger partial charge >= 0.3 is 5.97 Å². The van der Waals surface area contributed by atoms with Gasteiger partial charge in [-0.3, -0.25) is 9.59 Å². The second-order valence-electron chi connectivity index (χ2n) is 5.16. The first kappa shape index (κ1) is 15.3. The van der Waals surface area contributed by atoms with Crippen LogP contribution in [-0.4, -0.2) is 36.5 Å². The molecular formula is C15H19FN2O3. The Morgan fingerprint density at radius 3 is 2.90 bits per heavy atom. The smallest absolute Gasteiger partial charge is 0.307 e. The third kappa shape index (κ3) is 3.51. The van der Waals surface area contributed by atoms with Crippen molar-refractivity contribution in [3.8, 4) is 0 Å². The molecule has 2 rings (SSSR count). The molecule has 1 aromatic carbocycles. The second-order valence-corrected chi connectivity index (χ2v) is 5.16. The third-order valence-corrected chi connectivity index (χ3v) is 3.76. The number of carbonyl (C=O) groups excluding carboxylic acids is 2. The highest BCUT2D eigenvalue weighted by Gasteiger charge is 2.30. The summed E-state index contributed by atoms with van der Waals surface area (Å²) in [7, 11) is 1.32. The zero-order valence-corrected chi connectivity index (χ0v) is 12.0. The van der Waals surface area contributed by atoms with Gasteiger partial charge in [-0.1, -0.05) is 0 Å². The molecule has 0 radical (unpaired) electrons. The Hall–Kier alpha value is -2.11. The summed E-state index contributed by atoms with van der Waals surface area (Å²) in [6, 6.07) is 3.51. The van der Waals surface area contributed by atoms with Gasteiger partial charge in [-0.2, -0.15) is 0 Å². The molecule has 21 heavy (non-hydrogen) atoms. The number of esters is 1. The van der Waals surface area contributed by atoms with Gasteiger partial charge in [-0.05, 0) is 37.5 Å². The van der Waals surface area contributed by atoms with Crippen LogP contribution in [0.4, 0.5) is 10.1 Å². The molecule has 0 spiro atoms. The molecule has 1 aliphatic heterocycles. The number of carbonyl (C=O) groups is 2. The van der Waals surface area contributed by atoms with Crippen molar-refractivity contribution in [1.82, 2.24) is 4.90 Å². The summed E-state index contributed by atoms with van der Waals surface area (Å²) >= 11 is 0. The second kappa shape index (κ2) is 6.56. The molecular weight excluding hydrogens is 275 g/mol. The van der Waals surface area contributed by atoms with E-state index in [2.05, 4.69) is 4.74 Å². The predicted octanol–water partition coefficient (Wildman–Crippen LogP) is 1.97. The number of nitrogens with zero attached hydrogens (tertiary/aromatic N) is 1. The first-order chi connectivity index (χ1) is 10.0. The van der Waals surface area contributed by atoms with Gasteiger partial charge in [0.25, 0.3) is 5.91 Å². The number of ether oxygens (including phenoxy) is 1. The number of likely N-dealkylation sites (tertiary alicyclic amines) is 1. The van der Waals surface area contributed by atoms with E-state index in [9.17, 15) is 14.0 Å². The Morgan fingerprint density at radius 1 is 1.43 bits per heavy atom. The molecule has 1 amide bonds. The number of piperidine rings is 1. The fourth-order valence-electron chi connectivity index (χ4n) is 2.62. The van der Waals surface area contributed by atoms with E-state index in [1.807, 2.05) is 0 Å². The lowest BCUT2D eigenvalue weighted by Gasteiger charge is -2.35. The minimum atomic E-state index is -0.505. The Bertz CT molecular complexity index is 548. The summed E-state index contributed by atoms with van der Waals surface area (Å²) in [6.07, 6.45) is 2.69. The van der Waals surface area contributed by atoms with Crippen molar-refractivity contribution in [2.75, 3.05) is 19.4 Å². The van der Waals surface area contributed by atoms with Gasteiger partial charge < -0.3 is 15.4 Å². The average molecular weight is 294 g/mol. The Morgan fingerprint density at radius 2 is 2.19 bits per heavy atom. The quantitative estimate of drug-likeness (QED) is 0.683. The molecule has 0 aromatic heterocycles. The molecule has 114 valence electrons. The fraction of sp³-hybridized carbons (Fsp3) is 0.467. The number of anilines is 1. The molecule has 5 nitrogen and oxygen atoms in total. The van der Waals surface area contributed by atoms with E-state index in [-0.39, 0.29) is 35.6 Å². The first-order valence-electron chi connectivity index (χ1n) is 6.95. The number of methoxy groups -OCH3 is 1. The summed E-state index contributed by atoms with van der Waals surface area (Å²) in [5, 5.41) is 0. The Kier molecular flexibility index (Phi) is 4.77. The van der Waals surface area contributed by atoms with Crippen molar-refractivity contribution in [3.05, 3.63) is 29.6 Å². The van der Waals surface area contributed by atoms with Gasteiger partial charge in [-0.25, -0.2) is 4.39 Å². The zero-order chi connectivity index (χ0) is 15.4. The molecule has 1 aromatic rings. The number of benzene rings is 1. The lowest BCUT2D eigenvalue weighted by atomic mass is 9.98. The Balaban J connectivity index is 2.22. The molecule has 1 heterocycles. The van der Waals surface area contributed by atoms with Gasteiger partial charge in [0.1, 0.15) is 5.82 Å². The number of hydrogen-bond acceptors (Lipinski definition) is 4. The SMILES string of the molecule is COC(=O)CC1CCCCN1C(=O)c1cc(F)ccc1N. The molecule has 0 aliphatic carbocycles. The van der Waals surface area contributed by atoms with Crippen molar-refractivity contribution in [2.24, 2.45) is 0 Å². The molecule has 1 aliphatic rings. The van der Waals surface area contributed by atoms with E-state index < -0.39 is 5.82 Å². The summed E-state index contributed by atoms with van der Waals surface area (Å²) in [6.45, 7) is 0.538. The van der Waals surface area contributed by atoms with Crippen LogP contribution in [0.2, 0.25) is 0 Å². The van der Waals surface area contributed by atoms with Gasteiger partial charge in [0, 0.05) is 18.3 Å². The average Bonchev–Trinajstić information content (AvgIpc) is 2.49. The summed E-state index contributed by atoms with van der Waals surface area (Å²) < 4.78 is 18.0. The van der Waals surface area contributed by atoms with Gasteiger partial charge in [0.05, 0.1) is 19.1 Å². The van der Waals surface area contributed by atoms with E-state index in [0.29, 0.717) is 6.54 Å². The first-order valence-corrected chi connectivity index (χ1v) is 6.95. The zero-order valence-electron chi connectivity index (χ0n) is 12.0. The van der Waals surface area contributed by atoms with Gasteiger partial charge in [0.15, 0.2) is 0 Å². The van der Waals surface area contributed by atoms with Crippen molar-refractivity contribution in [1.29, 1.82) is 0 Å². The number of rotatable bonds is 3. The normalized spacial score (nSPS) is 18.4. The maximum Gasteiger partial charge on any atom is 0.307 e. The summed E-state index contributed by atoms with van der Waals surface area (Å²) in [5.74, 6) is -1.19. The molecule has 1 fully saturated rings. The third-order valence-electron chi connectivity index (χ3n) is 3.76. The largest absolute Gasteiger partial charge is 0.469 e.